The van der Waals surface area contributed by atoms with Gasteiger partial charge in [-0.15, -0.1) is 0 Å². The quantitative estimate of drug-likeness (QED) is 0.778. The summed E-state index contributed by atoms with van der Waals surface area (Å²) in [5.74, 6) is 0.0445. The summed E-state index contributed by atoms with van der Waals surface area (Å²) in [5, 5.41) is 23.7. The van der Waals surface area contributed by atoms with E-state index in [2.05, 4.69) is 39.0 Å². The maximum atomic E-state index is 9.77. The molecule has 1 aliphatic carbocycles. The van der Waals surface area contributed by atoms with Crippen LogP contribution in [-0.4, -0.2) is 49.2 Å². The molecule has 0 aromatic carbocycles. The molecule has 4 atom stereocenters. The van der Waals surface area contributed by atoms with Crippen LogP contribution in [0.1, 0.15) is 33.6 Å². The average Bonchev–Trinajstić information content (AvgIpc) is 2.81. The first kappa shape index (κ1) is 15.9. The lowest BCUT2D eigenvalue weighted by molar-refractivity contribution is -0.0488. The molecule has 0 amide bonds. The third kappa shape index (κ3) is 2.93. The van der Waals surface area contributed by atoms with Crippen molar-refractivity contribution in [1.82, 2.24) is 0 Å². The van der Waals surface area contributed by atoms with Gasteiger partial charge in [0.2, 0.25) is 0 Å². The molecule has 0 aromatic rings. The van der Waals surface area contributed by atoms with Gasteiger partial charge in [-0.2, -0.15) is 0 Å². The standard InChI is InChI=1S/C14H27NO4Si/c1-14(2,3)20(4,5)18-7-6-10-9-8-11(16)12(17)13(9)19-15-10/h9,11-13,16-17H,6-8H2,1-5H3/t9-,11-,12-,13+/m0/s1. The summed E-state index contributed by atoms with van der Waals surface area (Å²) >= 11 is 0. The molecule has 2 rings (SSSR count). The van der Waals surface area contributed by atoms with E-state index < -0.39 is 20.5 Å². The number of aliphatic hydroxyl groups is 2. The maximum absolute atomic E-state index is 9.77. The molecule has 20 heavy (non-hydrogen) atoms. The zero-order valence-electron chi connectivity index (χ0n) is 13.1. The van der Waals surface area contributed by atoms with Crippen LogP contribution < -0.4 is 0 Å². The summed E-state index contributed by atoms with van der Waals surface area (Å²) in [7, 11) is -1.73. The monoisotopic (exact) mass is 301 g/mol. The lowest BCUT2D eigenvalue weighted by Gasteiger charge is -2.36. The van der Waals surface area contributed by atoms with Gasteiger partial charge in [0.15, 0.2) is 14.4 Å². The van der Waals surface area contributed by atoms with E-state index in [1.54, 1.807) is 0 Å². The van der Waals surface area contributed by atoms with Crippen molar-refractivity contribution >= 4 is 14.0 Å². The first-order valence-electron chi connectivity index (χ1n) is 7.36. The van der Waals surface area contributed by atoms with Crippen molar-refractivity contribution in [3.05, 3.63) is 0 Å². The minimum absolute atomic E-state index is 0.0445. The highest BCUT2D eigenvalue weighted by molar-refractivity contribution is 6.74. The first-order chi connectivity index (χ1) is 9.13. The molecule has 1 heterocycles. The number of nitrogens with zero attached hydrogens (tertiary/aromatic N) is 1. The Kier molecular flexibility index (Phi) is 4.31. The molecule has 1 saturated carbocycles. The molecule has 0 radical (unpaired) electrons. The zero-order valence-corrected chi connectivity index (χ0v) is 14.1. The summed E-state index contributed by atoms with van der Waals surface area (Å²) in [5.41, 5.74) is 0.921. The van der Waals surface area contributed by atoms with Gasteiger partial charge in [0, 0.05) is 18.9 Å². The molecule has 0 bridgehead atoms. The van der Waals surface area contributed by atoms with Gasteiger partial charge in [-0.25, -0.2) is 0 Å². The van der Waals surface area contributed by atoms with E-state index in [0.29, 0.717) is 19.4 Å². The second kappa shape index (κ2) is 5.40. The molecule has 0 spiro atoms. The van der Waals surface area contributed by atoms with Crippen molar-refractivity contribution in [3.8, 4) is 0 Å². The normalized spacial score (nSPS) is 33.9. The predicted molar refractivity (Wildman–Crippen MR) is 80.2 cm³/mol. The molecule has 0 aromatic heterocycles. The third-order valence-corrected chi connectivity index (χ3v) is 9.51. The highest BCUT2D eigenvalue weighted by Crippen LogP contribution is 2.38. The summed E-state index contributed by atoms with van der Waals surface area (Å²) in [6.07, 6.45) is -0.634. The van der Waals surface area contributed by atoms with Gasteiger partial charge in [0.1, 0.15) is 6.10 Å². The second-order valence-electron chi connectivity index (χ2n) is 7.41. The van der Waals surface area contributed by atoms with Crippen molar-refractivity contribution in [1.29, 1.82) is 0 Å². The highest BCUT2D eigenvalue weighted by atomic mass is 28.4. The second-order valence-corrected chi connectivity index (χ2v) is 12.2. The van der Waals surface area contributed by atoms with Crippen molar-refractivity contribution in [3.63, 3.8) is 0 Å². The van der Waals surface area contributed by atoms with Crippen LogP contribution in [0.15, 0.2) is 5.16 Å². The molecule has 116 valence electrons. The third-order valence-electron chi connectivity index (χ3n) is 4.97. The van der Waals surface area contributed by atoms with Crippen LogP contribution in [0.5, 0.6) is 0 Å². The van der Waals surface area contributed by atoms with Gasteiger partial charge >= 0.3 is 0 Å². The van der Waals surface area contributed by atoms with Crippen LogP contribution >= 0.6 is 0 Å². The number of hydrogen-bond acceptors (Lipinski definition) is 5. The van der Waals surface area contributed by atoms with Crippen molar-refractivity contribution in [2.24, 2.45) is 11.1 Å². The molecule has 5 nitrogen and oxygen atoms in total. The Morgan fingerprint density at radius 3 is 2.60 bits per heavy atom. The number of aliphatic hydroxyl groups excluding tert-OH is 2. The molecule has 0 saturated heterocycles. The van der Waals surface area contributed by atoms with E-state index in [-0.39, 0.29) is 17.1 Å². The number of hydrogen-bond donors (Lipinski definition) is 2. The fraction of sp³-hybridized carbons (Fsp3) is 0.929. The van der Waals surface area contributed by atoms with Crippen LogP contribution in [0.2, 0.25) is 18.1 Å². The van der Waals surface area contributed by atoms with E-state index >= 15 is 0 Å². The van der Waals surface area contributed by atoms with Crippen LogP contribution in [0.4, 0.5) is 0 Å². The van der Waals surface area contributed by atoms with Gasteiger partial charge in [-0.3, -0.25) is 0 Å². The molecule has 1 fully saturated rings. The van der Waals surface area contributed by atoms with Gasteiger partial charge in [0.25, 0.3) is 0 Å². The van der Waals surface area contributed by atoms with Gasteiger partial charge in [-0.1, -0.05) is 25.9 Å². The van der Waals surface area contributed by atoms with E-state index in [9.17, 15) is 10.2 Å². The Bertz CT molecular complexity index is 391. The number of rotatable bonds is 4. The SMILES string of the molecule is CC(C)(C)[Si](C)(C)OCCC1=NO[C@H]2[C@@H](O)[C@@H](O)C[C@@H]12. The number of fused-ring (bicyclic) bond motifs is 1. The summed E-state index contributed by atoms with van der Waals surface area (Å²) in [4.78, 5) is 5.26. The molecule has 2 aliphatic rings. The van der Waals surface area contributed by atoms with Crippen LogP contribution in [-0.2, 0) is 9.26 Å². The smallest absolute Gasteiger partial charge is 0.191 e. The van der Waals surface area contributed by atoms with E-state index in [1.807, 2.05) is 0 Å². The largest absolute Gasteiger partial charge is 0.416 e. The van der Waals surface area contributed by atoms with Gasteiger partial charge < -0.3 is 19.5 Å². The van der Waals surface area contributed by atoms with Crippen molar-refractivity contribution in [2.45, 2.75) is 70.1 Å². The molecule has 6 heteroatoms. The van der Waals surface area contributed by atoms with Crippen LogP contribution in [0.25, 0.3) is 0 Å². The fourth-order valence-corrected chi connectivity index (χ4v) is 3.55. The van der Waals surface area contributed by atoms with Crippen molar-refractivity contribution < 1.29 is 19.5 Å². The lowest BCUT2D eigenvalue weighted by Crippen LogP contribution is -2.41. The van der Waals surface area contributed by atoms with E-state index in [0.717, 1.165) is 5.71 Å². The van der Waals surface area contributed by atoms with Gasteiger partial charge in [0.05, 0.1) is 11.8 Å². The Balaban J connectivity index is 1.85. The van der Waals surface area contributed by atoms with Gasteiger partial charge in [-0.05, 0) is 24.6 Å². The minimum Gasteiger partial charge on any atom is -0.416 e. The Morgan fingerprint density at radius 2 is 2.00 bits per heavy atom. The van der Waals surface area contributed by atoms with E-state index in [4.69, 9.17) is 9.26 Å². The molecular formula is C14H27NO4Si. The average molecular weight is 301 g/mol. The molecule has 0 unspecified atom stereocenters. The Labute approximate surface area is 122 Å². The minimum atomic E-state index is -1.73. The van der Waals surface area contributed by atoms with E-state index in [1.165, 1.54) is 0 Å². The molecule has 1 aliphatic heterocycles. The van der Waals surface area contributed by atoms with Crippen molar-refractivity contribution in [2.75, 3.05) is 6.61 Å². The first-order valence-corrected chi connectivity index (χ1v) is 10.3. The summed E-state index contributed by atoms with van der Waals surface area (Å²) < 4.78 is 6.14. The number of oxime groups is 1. The lowest BCUT2D eigenvalue weighted by atomic mass is 9.98. The van der Waals surface area contributed by atoms with Crippen LogP contribution in [0.3, 0.4) is 0 Å². The zero-order chi connectivity index (χ0) is 15.1. The topological polar surface area (TPSA) is 71.3 Å². The molecule has 2 N–H and O–H groups in total. The fourth-order valence-electron chi connectivity index (χ4n) is 2.51. The Hall–Kier alpha value is -0.433. The Morgan fingerprint density at radius 1 is 1.35 bits per heavy atom. The predicted octanol–water partition coefficient (Wildman–Crippen LogP) is 1.89. The van der Waals surface area contributed by atoms with Crippen LogP contribution in [0, 0.1) is 5.92 Å². The summed E-state index contributed by atoms with van der Waals surface area (Å²) in [6, 6.07) is 0. The maximum Gasteiger partial charge on any atom is 0.191 e. The molecular weight excluding hydrogens is 274 g/mol. The highest BCUT2D eigenvalue weighted by Gasteiger charge is 2.49. The summed E-state index contributed by atoms with van der Waals surface area (Å²) in [6.45, 7) is 11.7.